The lowest BCUT2D eigenvalue weighted by Gasteiger charge is -2.13. The Labute approximate surface area is 133 Å². The third-order valence-corrected chi connectivity index (χ3v) is 3.61. The number of rotatable bonds is 6. The molecular weight excluding hydrogens is 304 g/mol. The number of alkyl halides is 2. The third-order valence-electron chi connectivity index (χ3n) is 3.61. The summed E-state index contributed by atoms with van der Waals surface area (Å²) in [5.41, 5.74) is 0.970. The van der Waals surface area contributed by atoms with Crippen LogP contribution in [0.3, 0.4) is 0 Å². The molecule has 0 saturated carbocycles. The van der Waals surface area contributed by atoms with E-state index in [-0.39, 0.29) is 30.2 Å². The van der Waals surface area contributed by atoms with Gasteiger partial charge in [0.2, 0.25) is 5.91 Å². The molecule has 1 aromatic rings. The number of hydrogen-bond acceptors (Lipinski definition) is 3. The number of aliphatic hydroxyl groups is 1. The van der Waals surface area contributed by atoms with Gasteiger partial charge in [0.05, 0.1) is 0 Å². The van der Waals surface area contributed by atoms with Gasteiger partial charge in [0.25, 0.3) is 0 Å². The molecule has 0 saturated heterocycles. The molecule has 2 N–H and O–H groups in total. The third kappa shape index (κ3) is 4.89. The topological polar surface area (TPSA) is 58.6 Å². The molecule has 0 fully saturated rings. The van der Waals surface area contributed by atoms with Crippen LogP contribution >= 0.6 is 0 Å². The van der Waals surface area contributed by atoms with Gasteiger partial charge in [0, 0.05) is 30.2 Å². The molecule has 0 aliphatic heterocycles. The summed E-state index contributed by atoms with van der Waals surface area (Å²) in [6, 6.07) is 6.20. The Hall–Kier alpha value is -2.21. The fraction of sp³-hybridized carbons (Fsp3) is 0.353. The molecule has 1 aliphatic carbocycles. The number of aliphatic hydroxyl groups excluding tert-OH is 1. The van der Waals surface area contributed by atoms with Crippen LogP contribution in [0, 0.1) is 5.92 Å². The Balaban J connectivity index is 2.05. The molecule has 2 atom stereocenters. The highest BCUT2D eigenvalue weighted by molar-refractivity contribution is 5.95. The van der Waals surface area contributed by atoms with Gasteiger partial charge in [-0.25, -0.2) is 0 Å². The number of amides is 1. The maximum atomic E-state index is 12.4. The first-order chi connectivity index (χ1) is 11.0. The summed E-state index contributed by atoms with van der Waals surface area (Å²) in [4.78, 5) is 12.0. The van der Waals surface area contributed by atoms with Crippen LogP contribution in [0.25, 0.3) is 5.57 Å². The molecule has 0 radical (unpaired) electrons. The van der Waals surface area contributed by atoms with Crippen molar-refractivity contribution in [2.75, 3.05) is 6.61 Å². The van der Waals surface area contributed by atoms with Gasteiger partial charge in [-0.05, 0) is 25.0 Å². The average Bonchev–Trinajstić information content (AvgIpc) is 2.94. The molecule has 0 heterocycles. The van der Waals surface area contributed by atoms with Crippen molar-refractivity contribution in [3.05, 3.63) is 48.1 Å². The normalized spacial score (nSPS) is 20.8. The molecule has 1 aromatic carbocycles. The van der Waals surface area contributed by atoms with Crippen molar-refractivity contribution in [1.29, 1.82) is 0 Å². The SMILES string of the molecule is C/C(=C/C(=O)N[C@@H]1C=C[C@H](CO)C1)c1ccccc1OC(F)F. The van der Waals surface area contributed by atoms with E-state index in [0.717, 1.165) is 0 Å². The summed E-state index contributed by atoms with van der Waals surface area (Å²) in [7, 11) is 0. The first kappa shape index (κ1) is 17.1. The minimum Gasteiger partial charge on any atom is -0.434 e. The van der Waals surface area contributed by atoms with E-state index in [1.165, 1.54) is 12.1 Å². The summed E-state index contributed by atoms with van der Waals surface area (Å²) < 4.78 is 29.3. The minimum atomic E-state index is -2.92. The number of ether oxygens (including phenoxy) is 1. The highest BCUT2D eigenvalue weighted by atomic mass is 19.3. The van der Waals surface area contributed by atoms with Gasteiger partial charge in [0.15, 0.2) is 0 Å². The number of halogens is 2. The molecule has 0 aromatic heterocycles. The van der Waals surface area contributed by atoms with Crippen LogP contribution in [-0.2, 0) is 4.79 Å². The zero-order valence-corrected chi connectivity index (χ0v) is 12.7. The zero-order chi connectivity index (χ0) is 16.8. The summed E-state index contributed by atoms with van der Waals surface area (Å²) in [6.45, 7) is -1.21. The van der Waals surface area contributed by atoms with Crippen molar-refractivity contribution in [3.8, 4) is 5.75 Å². The number of para-hydroxylation sites is 1. The molecule has 2 rings (SSSR count). The summed E-state index contributed by atoms with van der Waals surface area (Å²) in [5.74, 6) is -0.224. The largest absolute Gasteiger partial charge is 0.434 e. The van der Waals surface area contributed by atoms with Crippen molar-refractivity contribution in [2.24, 2.45) is 5.92 Å². The van der Waals surface area contributed by atoms with Gasteiger partial charge in [0.1, 0.15) is 5.75 Å². The van der Waals surface area contributed by atoms with Crippen LogP contribution < -0.4 is 10.1 Å². The van der Waals surface area contributed by atoms with Crippen LogP contribution in [0.5, 0.6) is 5.75 Å². The second-order valence-corrected chi connectivity index (χ2v) is 5.38. The number of hydrogen-bond donors (Lipinski definition) is 2. The summed E-state index contributed by atoms with van der Waals surface area (Å²) >= 11 is 0. The van der Waals surface area contributed by atoms with Gasteiger partial charge in [-0.3, -0.25) is 4.79 Å². The van der Waals surface area contributed by atoms with Gasteiger partial charge < -0.3 is 15.2 Å². The van der Waals surface area contributed by atoms with E-state index in [2.05, 4.69) is 10.1 Å². The summed E-state index contributed by atoms with van der Waals surface area (Å²) in [6.07, 6.45) is 5.72. The fourth-order valence-electron chi connectivity index (χ4n) is 2.51. The molecule has 1 amide bonds. The van der Waals surface area contributed by atoms with E-state index < -0.39 is 6.61 Å². The highest BCUT2D eigenvalue weighted by Crippen LogP contribution is 2.27. The van der Waals surface area contributed by atoms with Gasteiger partial charge >= 0.3 is 6.61 Å². The van der Waals surface area contributed by atoms with E-state index >= 15 is 0 Å². The second-order valence-electron chi connectivity index (χ2n) is 5.38. The van der Waals surface area contributed by atoms with Crippen LogP contribution in [0.1, 0.15) is 18.9 Å². The van der Waals surface area contributed by atoms with Crippen LogP contribution in [0.2, 0.25) is 0 Å². The molecule has 0 bridgehead atoms. The lowest BCUT2D eigenvalue weighted by atomic mass is 10.1. The van der Waals surface area contributed by atoms with Crippen molar-refractivity contribution in [2.45, 2.75) is 26.0 Å². The van der Waals surface area contributed by atoms with E-state index in [0.29, 0.717) is 17.6 Å². The maximum Gasteiger partial charge on any atom is 0.387 e. The second kappa shape index (κ2) is 7.87. The highest BCUT2D eigenvalue weighted by Gasteiger charge is 2.19. The smallest absolute Gasteiger partial charge is 0.387 e. The first-order valence-electron chi connectivity index (χ1n) is 7.31. The van der Waals surface area contributed by atoms with Crippen molar-refractivity contribution in [3.63, 3.8) is 0 Å². The number of carbonyl (C=O) groups excluding carboxylic acids is 1. The number of nitrogens with one attached hydrogen (secondary N) is 1. The molecule has 0 spiro atoms. The van der Waals surface area contributed by atoms with Crippen LogP contribution in [-0.4, -0.2) is 30.3 Å². The van der Waals surface area contributed by atoms with Crippen LogP contribution in [0.15, 0.2) is 42.5 Å². The minimum absolute atomic E-state index is 0.0326. The van der Waals surface area contributed by atoms with E-state index in [1.54, 1.807) is 25.1 Å². The molecule has 0 unspecified atom stereocenters. The Kier molecular flexibility index (Phi) is 5.87. The zero-order valence-electron chi connectivity index (χ0n) is 12.7. The summed E-state index contributed by atoms with van der Waals surface area (Å²) in [5, 5.41) is 11.9. The standard InChI is InChI=1S/C17H19F2NO3/c1-11(14-4-2-3-5-15(14)23-17(18)19)8-16(22)20-13-7-6-12(9-13)10-21/h2-8,12-13,17,21H,9-10H2,1H3,(H,20,22)/b11-8-/t12-,13+/m0/s1. The van der Waals surface area contributed by atoms with Gasteiger partial charge in [-0.1, -0.05) is 30.4 Å². The molecule has 1 aliphatic rings. The predicted octanol–water partition coefficient (Wildman–Crippen LogP) is 2.74. The Bertz CT molecular complexity index is 614. The van der Waals surface area contributed by atoms with E-state index in [9.17, 15) is 13.6 Å². The van der Waals surface area contributed by atoms with Crippen LogP contribution in [0.4, 0.5) is 8.78 Å². The van der Waals surface area contributed by atoms with Crippen molar-refractivity contribution >= 4 is 11.5 Å². The Morgan fingerprint density at radius 3 is 2.83 bits per heavy atom. The Morgan fingerprint density at radius 2 is 2.17 bits per heavy atom. The molecule has 4 nitrogen and oxygen atoms in total. The lowest BCUT2D eigenvalue weighted by Crippen LogP contribution is -2.31. The monoisotopic (exact) mass is 323 g/mol. The maximum absolute atomic E-state index is 12.4. The van der Waals surface area contributed by atoms with Crippen molar-refractivity contribution < 1.29 is 23.4 Å². The van der Waals surface area contributed by atoms with E-state index in [1.807, 2.05) is 12.2 Å². The predicted molar refractivity (Wildman–Crippen MR) is 83.0 cm³/mol. The molecule has 23 heavy (non-hydrogen) atoms. The molecule has 124 valence electrons. The number of allylic oxidation sites excluding steroid dienone is 1. The number of benzene rings is 1. The number of carbonyl (C=O) groups is 1. The quantitative estimate of drug-likeness (QED) is 0.625. The fourth-order valence-corrected chi connectivity index (χ4v) is 2.51. The average molecular weight is 323 g/mol. The van der Waals surface area contributed by atoms with Crippen molar-refractivity contribution in [1.82, 2.24) is 5.32 Å². The van der Waals surface area contributed by atoms with Gasteiger partial charge in [-0.2, -0.15) is 8.78 Å². The molecule has 6 heteroatoms. The lowest BCUT2D eigenvalue weighted by molar-refractivity contribution is -0.116. The van der Waals surface area contributed by atoms with Gasteiger partial charge in [-0.15, -0.1) is 0 Å². The van der Waals surface area contributed by atoms with E-state index in [4.69, 9.17) is 5.11 Å². The first-order valence-corrected chi connectivity index (χ1v) is 7.31. The molecular formula is C17H19F2NO3. The Morgan fingerprint density at radius 1 is 1.43 bits per heavy atom.